The third kappa shape index (κ3) is 3.34. The van der Waals surface area contributed by atoms with E-state index in [2.05, 4.69) is 10.5 Å². The summed E-state index contributed by atoms with van der Waals surface area (Å²) in [6.45, 7) is 6.14. The summed E-state index contributed by atoms with van der Waals surface area (Å²) in [5.41, 5.74) is 7.34. The maximum Gasteiger partial charge on any atom is 0.224 e. The van der Waals surface area contributed by atoms with Gasteiger partial charge in [-0.2, -0.15) is 0 Å². The van der Waals surface area contributed by atoms with E-state index in [4.69, 9.17) is 10.3 Å². The maximum absolute atomic E-state index is 11.6. The molecule has 16 heavy (non-hydrogen) atoms. The summed E-state index contributed by atoms with van der Waals surface area (Å²) in [5.74, 6) is 0.658. The fourth-order valence-electron chi connectivity index (χ4n) is 1.37. The molecule has 0 aliphatic rings. The van der Waals surface area contributed by atoms with Crippen LogP contribution in [0.15, 0.2) is 4.52 Å². The molecule has 0 saturated carbocycles. The number of aryl methyl sites for hydroxylation is 2. The number of hydrogen-bond donors (Lipinski definition) is 2. The Balaban J connectivity index is 2.46. The third-order valence-electron chi connectivity index (χ3n) is 2.60. The molecule has 0 saturated heterocycles. The van der Waals surface area contributed by atoms with Crippen molar-refractivity contribution in [1.82, 2.24) is 10.5 Å². The van der Waals surface area contributed by atoms with Crippen molar-refractivity contribution >= 4 is 5.91 Å². The van der Waals surface area contributed by atoms with E-state index in [1.54, 1.807) is 6.92 Å². The molecule has 1 aromatic heterocycles. The number of carbonyl (C=O) groups is 1. The first kappa shape index (κ1) is 12.7. The van der Waals surface area contributed by atoms with E-state index in [9.17, 15) is 4.79 Å². The van der Waals surface area contributed by atoms with Gasteiger partial charge in [0.2, 0.25) is 5.91 Å². The summed E-state index contributed by atoms with van der Waals surface area (Å²) in [5, 5.41) is 6.59. The van der Waals surface area contributed by atoms with Crippen LogP contribution in [0.25, 0.3) is 0 Å². The Morgan fingerprint density at radius 1 is 1.56 bits per heavy atom. The zero-order valence-corrected chi connectivity index (χ0v) is 10.0. The van der Waals surface area contributed by atoms with Crippen LogP contribution in [0.3, 0.4) is 0 Å². The molecule has 0 bridgehead atoms. The second-order valence-electron chi connectivity index (χ2n) is 3.95. The summed E-state index contributed by atoms with van der Waals surface area (Å²) in [6.07, 6.45) is 1.16. The normalized spacial score (nSPS) is 12.5. The molecule has 0 radical (unpaired) electrons. The molecule has 0 aromatic carbocycles. The molecule has 1 amide bonds. The highest BCUT2D eigenvalue weighted by Gasteiger charge is 2.13. The van der Waals surface area contributed by atoms with Crippen molar-refractivity contribution in [3.05, 3.63) is 17.0 Å². The van der Waals surface area contributed by atoms with Crippen molar-refractivity contribution in [1.29, 1.82) is 0 Å². The number of hydrogen-bond acceptors (Lipinski definition) is 4. The molecule has 1 atom stereocenters. The maximum atomic E-state index is 11.6. The van der Waals surface area contributed by atoms with Crippen LogP contribution in [0, 0.1) is 13.8 Å². The SMILES string of the molecule is CCC(N)CNC(=O)Cc1c(C)noc1C. The number of rotatable bonds is 5. The lowest BCUT2D eigenvalue weighted by molar-refractivity contribution is -0.120. The van der Waals surface area contributed by atoms with Gasteiger partial charge in [-0.1, -0.05) is 12.1 Å². The molecule has 1 unspecified atom stereocenters. The van der Waals surface area contributed by atoms with Crippen LogP contribution in [-0.4, -0.2) is 23.7 Å². The standard InChI is InChI=1S/C11H19N3O2/c1-4-9(12)6-13-11(15)5-10-7(2)14-16-8(10)3/h9H,4-6,12H2,1-3H3,(H,13,15). The number of nitrogens with zero attached hydrogens (tertiary/aromatic N) is 1. The Morgan fingerprint density at radius 3 is 2.75 bits per heavy atom. The van der Waals surface area contributed by atoms with Crippen LogP contribution in [-0.2, 0) is 11.2 Å². The van der Waals surface area contributed by atoms with E-state index < -0.39 is 0 Å². The molecule has 1 heterocycles. The lowest BCUT2D eigenvalue weighted by atomic mass is 10.1. The molecule has 90 valence electrons. The molecule has 0 spiro atoms. The molecule has 1 aromatic rings. The van der Waals surface area contributed by atoms with Crippen LogP contribution in [0.5, 0.6) is 0 Å². The van der Waals surface area contributed by atoms with E-state index in [1.165, 1.54) is 0 Å². The number of carbonyl (C=O) groups excluding carboxylic acids is 1. The predicted molar refractivity (Wildman–Crippen MR) is 61.0 cm³/mol. The lowest BCUT2D eigenvalue weighted by Gasteiger charge is -2.09. The molecule has 0 aliphatic carbocycles. The largest absolute Gasteiger partial charge is 0.361 e. The van der Waals surface area contributed by atoms with Crippen molar-refractivity contribution in [2.45, 2.75) is 39.7 Å². The molecule has 3 N–H and O–H groups in total. The highest BCUT2D eigenvalue weighted by molar-refractivity contribution is 5.79. The van der Waals surface area contributed by atoms with Crippen LogP contribution >= 0.6 is 0 Å². The first-order chi connectivity index (χ1) is 7.54. The zero-order chi connectivity index (χ0) is 12.1. The summed E-state index contributed by atoms with van der Waals surface area (Å²) in [7, 11) is 0. The van der Waals surface area contributed by atoms with E-state index in [1.807, 2.05) is 13.8 Å². The Hall–Kier alpha value is -1.36. The van der Waals surface area contributed by atoms with Gasteiger partial charge >= 0.3 is 0 Å². The van der Waals surface area contributed by atoms with Crippen LogP contribution in [0.1, 0.15) is 30.4 Å². The van der Waals surface area contributed by atoms with Crippen molar-refractivity contribution < 1.29 is 9.32 Å². The van der Waals surface area contributed by atoms with Gasteiger partial charge < -0.3 is 15.6 Å². The van der Waals surface area contributed by atoms with Crippen molar-refractivity contribution in [2.24, 2.45) is 5.73 Å². The number of nitrogens with two attached hydrogens (primary N) is 1. The van der Waals surface area contributed by atoms with E-state index in [0.717, 1.165) is 17.7 Å². The van der Waals surface area contributed by atoms with Gasteiger partial charge in [-0.25, -0.2) is 0 Å². The monoisotopic (exact) mass is 225 g/mol. The minimum atomic E-state index is -0.0432. The first-order valence-electron chi connectivity index (χ1n) is 5.48. The first-order valence-corrected chi connectivity index (χ1v) is 5.48. The molecule has 0 fully saturated rings. The minimum Gasteiger partial charge on any atom is -0.361 e. The van der Waals surface area contributed by atoms with Crippen molar-refractivity contribution in [2.75, 3.05) is 6.54 Å². The zero-order valence-electron chi connectivity index (χ0n) is 10.0. The van der Waals surface area contributed by atoms with Gasteiger partial charge in [0, 0.05) is 18.2 Å². The van der Waals surface area contributed by atoms with E-state index in [0.29, 0.717) is 18.7 Å². The van der Waals surface area contributed by atoms with Gasteiger partial charge in [-0.3, -0.25) is 4.79 Å². The average molecular weight is 225 g/mol. The Bertz CT molecular complexity index is 341. The van der Waals surface area contributed by atoms with Crippen molar-refractivity contribution in [3.8, 4) is 0 Å². The summed E-state index contributed by atoms with van der Waals surface area (Å²) >= 11 is 0. The van der Waals surface area contributed by atoms with Gasteiger partial charge in [0.15, 0.2) is 0 Å². The van der Waals surface area contributed by atoms with Gasteiger partial charge in [0.05, 0.1) is 12.1 Å². The topological polar surface area (TPSA) is 81.1 Å². The second-order valence-corrected chi connectivity index (χ2v) is 3.95. The van der Waals surface area contributed by atoms with Crippen molar-refractivity contribution in [3.63, 3.8) is 0 Å². The van der Waals surface area contributed by atoms with Gasteiger partial charge in [0.25, 0.3) is 0 Å². The van der Waals surface area contributed by atoms with E-state index in [-0.39, 0.29) is 11.9 Å². The fraction of sp³-hybridized carbons (Fsp3) is 0.636. The molecule has 5 nitrogen and oxygen atoms in total. The smallest absolute Gasteiger partial charge is 0.224 e. The molecule has 1 rings (SSSR count). The molecule has 0 aliphatic heterocycles. The minimum absolute atomic E-state index is 0.0219. The Morgan fingerprint density at radius 2 is 2.25 bits per heavy atom. The summed E-state index contributed by atoms with van der Waals surface area (Å²) in [4.78, 5) is 11.6. The molecular formula is C11H19N3O2. The fourth-order valence-corrected chi connectivity index (χ4v) is 1.37. The average Bonchev–Trinajstić information content (AvgIpc) is 2.57. The number of aromatic nitrogens is 1. The quantitative estimate of drug-likeness (QED) is 0.772. The second kappa shape index (κ2) is 5.65. The number of nitrogens with one attached hydrogen (secondary N) is 1. The molecular weight excluding hydrogens is 206 g/mol. The van der Waals surface area contributed by atoms with Crippen LogP contribution in [0.4, 0.5) is 0 Å². The van der Waals surface area contributed by atoms with E-state index >= 15 is 0 Å². The van der Waals surface area contributed by atoms with Crippen LogP contribution in [0.2, 0.25) is 0 Å². The Labute approximate surface area is 95.4 Å². The summed E-state index contributed by atoms with van der Waals surface area (Å²) < 4.78 is 4.99. The lowest BCUT2D eigenvalue weighted by Crippen LogP contribution is -2.37. The highest BCUT2D eigenvalue weighted by atomic mass is 16.5. The predicted octanol–water partition coefficient (Wildman–Crippen LogP) is 0.687. The third-order valence-corrected chi connectivity index (χ3v) is 2.60. The molecule has 5 heteroatoms. The summed E-state index contributed by atoms with van der Waals surface area (Å²) in [6, 6.07) is 0.0219. The van der Waals surface area contributed by atoms with Gasteiger partial charge in [-0.05, 0) is 20.3 Å². The van der Waals surface area contributed by atoms with Gasteiger partial charge in [-0.15, -0.1) is 0 Å². The number of amides is 1. The van der Waals surface area contributed by atoms with Gasteiger partial charge in [0.1, 0.15) is 5.76 Å². The highest BCUT2D eigenvalue weighted by Crippen LogP contribution is 2.12. The van der Waals surface area contributed by atoms with Crippen LogP contribution < -0.4 is 11.1 Å². The Kier molecular flexibility index (Phi) is 4.49.